The van der Waals surface area contributed by atoms with Gasteiger partial charge in [0.2, 0.25) is 0 Å². The fourth-order valence-corrected chi connectivity index (χ4v) is 1.56. The Morgan fingerprint density at radius 3 is 3.05 bits per heavy atom. The summed E-state index contributed by atoms with van der Waals surface area (Å²) in [5, 5.41) is 6.32. The van der Waals surface area contributed by atoms with Crippen LogP contribution in [0.4, 0.5) is 5.69 Å². The largest absolute Gasteiger partial charge is 0.492 e. The SMILES string of the molecule is Cc1oncc1C(=O)Nc1cccc(OCCN)c1. The second-order valence-corrected chi connectivity index (χ2v) is 3.91. The molecule has 19 heavy (non-hydrogen) atoms. The van der Waals surface area contributed by atoms with Crippen molar-refractivity contribution >= 4 is 11.6 Å². The molecule has 3 N–H and O–H groups in total. The monoisotopic (exact) mass is 261 g/mol. The normalized spacial score (nSPS) is 10.2. The predicted molar refractivity (Wildman–Crippen MR) is 70.2 cm³/mol. The van der Waals surface area contributed by atoms with Crippen LogP contribution in [0.5, 0.6) is 5.75 Å². The highest BCUT2D eigenvalue weighted by molar-refractivity contribution is 6.04. The molecule has 1 heterocycles. The predicted octanol–water partition coefficient (Wildman–Crippen LogP) is 1.57. The number of ether oxygens (including phenoxy) is 1. The van der Waals surface area contributed by atoms with E-state index in [-0.39, 0.29) is 5.91 Å². The molecular weight excluding hydrogens is 246 g/mol. The molecule has 0 fully saturated rings. The number of nitrogens with two attached hydrogens (primary N) is 1. The third-order valence-corrected chi connectivity index (χ3v) is 2.47. The molecule has 100 valence electrons. The van der Waals surface area contributed by atoms with Crippen molar-refractivity contribution in [3.63, 3.8) is 0 Å². The van der Waals surface area contributed by atoms with Crippen molar-refractivity contribution in [3.8, 4) is 5.75 Å². The Morgan fingerprint density at radius 2 is 2.37 bits per heavy atom. The summed E-state index contributed by atoms with van der Waals surface area (Å²) >= 11 is 0. The van der Waals surface area contributed by atoms with Crippen LogP contribution in [-0.4, -0.2) is 24.2 Å². The maximum atomic E-state index is 11.9. The smallest absolute Gasteiger partial charge is 0.260 e. The zero-order valence-corrected chi connectivity index (χ0v) is 10.6. The number of aryl methyl sites for hydroxylation is 1. The minimum absolute atomic E-state index is 0.269. The maximum absolute atomic E-state index is 11.9. The van der Waals surface area contributed by atoms with Crippen molar-refractivity contribution in [2.24, 2.45) is 5.73 Å². The number of benzene rings is 1. The summed E-state index contributed by atoms with van der Waals surface area (Å²) in [7, 11) is 0. The van der Waals surface area contributed by atoms with E-state index in [0.717, 1.165) is 0 Å². The standard InChI is InChI=1S/C13H15N3O3/c1-9-12(8-15-19-9)13(17)16-10-3-2-4-11(7-10)18-6-5-14/h2-4,7-8H,5-6,14H2,1H3,(H,16,17). The summed E-state index contributed by atoms with van der Waals surface area (Å²) in [5.74, 6) is 0.869. The molecule has 0 aliphatic rings. The van der Waals surface area contributed by atoms with Crippen LogP contribution in [0.3, 0.4) is 0 Å². The van der Waals surface area contributed by atoms with E-state index in [9.17, 15) is 4.79 Å². The van der Waals surface area contributed by atoms with E-state index in [2.05, 4.69) is 10.5 Å². The van der Waals surface area contributed by atoms with E-state index in [0.29, 0.717) is 35.9 Å². The molecule has 2 aromatic rings. The number of amides is 1. The Hall–Kier alpha value is -2.34. The number of nitrogens with zero attached hydrogens (tertiary/aromatic N) is 1. The van der Waals surface area contributed by atoms with Crippen LogP contribution >= 0.6 is 0 Å². The maximum Gasteiger partial charge on any atom is 0.260 e. The molecule has 0 unspecified atom stereocenters. The Bertz CT molecular complexity index is 566. The topological polar surface area (TPSA) is 90.4 Å². The number of anilines is 1. The summed E-state index contributed by atoms with van der Waals surface area (Å²) < 4.78 is 10.2. The van der Waals surface area contributed by atoms with Crippen molar-refractivity contribution in [3.05, 3.63) is 41.8 Å². The Kier molecular flexibility index (Phi) is 4.15. The molecule has 0 radical (unpaired) electrons. The number of aromatic nitrogens is 1. The van der Waals surface area contributed by atoms with Crippen molar-refractivity contribution in [1.82, 2.24) is 5.16 Å². The van der Waals surface area contributed by atoms with Gasteiger partial charge in [-0.05, 0) is 19.1 Å². The molecule has 1 amide bonds. The molecule has 6 nitrogen and oxygen atoms in total. The van der Waals surface area contributed by atoms with Gasteiger partial charge in [-0.25, -0.2) is 0 Å². The van der Waals surface area contributed by atoms with Gasteiger partial charge in [0.15, 0.2) is 0 Å². The lowest BCUT2D eigenvalue weighted by atomic mass is 10.2. The van der Waals surface area contributed by atoms with E-state index in [1.54, 1.807) is 31.2 Å². The quantitative estimate of drug-likeness (QED) is 0.852. The van der Waals surface area contributed by atoms with Gasteiger partial charge in [0.25, 0.3) is 5.91 Å². The molecule has 0 saturated carbocycles. The van der Waals surface area contributed by atoms with Crippen molar-refractivity contribution in [1.29, 1.82) is 0 Å². The Balaban J connectivity index is 2.07. The molecular formula is C13H15N3O3. The molecule has 0 aliphatic carbocycles. The first-order valence-electron chi connectivity index (χ1n) is 5.86. The van der Waals surface area contributed by atoms with Crippen LogP contribution in [0, 0.1) is 6.92 Å². The highest BCUT2D eigenvalue weighted by Gasteiger charge is 2.13. The minimum atomic E-state index is -0.269. The van der Waals surface area contributed by atoms with Gasteiger partial charge in [-0.15, -0.1) is 0 Å². The van der Waals surface area contributed by atoms with Crippen LogP contribution < -0.4 is 15.8 Å². The number of rotatable bonds is 5. The summed E-state index contributed by atoms with van der Waals surface area (Å²) in [6.45, 7) is 2.56. The summed E-state index contributed by atoms with van der Waals surface area (Å²) in [6.07, 6.45) is 1.39. The second kappa shape index (κ2) is 6.01. The minimum Gasteiger partial charge on any atom is -0.492 e. The van der Waals surface area contributed by atoms with Gasteiger partial charge in [0.1, 0.15) is 23.7 Å². The average molecular weight is 261 g/mol. The number of hydrogen-bond donors (Lipinski definition) is 2. The van der Waals surface area contributed by atoms with Gasteiger partial charge in [-0.2, -0.15) is 0 Å². The second-order valence-electron chi connectivity index (χ2n) is 3.91. The van der Waals surface area contributed by atoms with Crippen LogP contribution in [0.1, 0.15) is 16.1 Å². The van der Waals surface area contributed by atoms with Gasteiger partial charge in [-0.1, -0.05) is 11.2 Å². The molecule has 0 bridgehead atoms. The first kappa shape index (κ1) is 13.1. The van der Waals surface area contributed by atoms with Crippen LogP contribution in [0.15, 0.2) is 35.0 Å². The van der Waals surface area contributed by atoms with Crippen LogP contribution in [0.25, 0.3) is 0 Å². The molecule has 1 aromatic heterocycles. The zero-order valence-electron chi connectivity index (χ0n) is 10.6. The van der Waals surface area contributed by atoms with Crippen molar-refractivity contribution in [2.75, 3.05) is 18.5 Å². The Morgan fingerprint density at radius 1 is 1.53 bits per heavy atom. The van der Waals surface area contributed by atoms with E-state index in [4.69, 9.17) is 15.0 Å². The fourth-order valence-electron chi connectivity index (χ4n) is 1.56. The first-order chi connectivity index (χ1) is 9.20. The number of carbonyl (C=O) groups excluding carboxylic acids is 1. The molecule has 0 aliphatic heterocycles. The lowest BCUT2D eigenvalue weighted by molar-refractivity contribution is 0.102. The molecule has 0 saturated heterocycles. The van der Waals surface area contributed by atoms with E-state index in [1.165, 1.54) is 6.20 Å². The molecule has 0 spiro atoms. The fraction of sp³-hybridized carbons (Fsp3) is 0.231. The first-order valence-corrected chi connectivity index (χ1v) is 5.86. The number of nitrogens with one attached hydrogen (secondary N) is 1. The van der Waals surface area contributed by atoms with E-state index >= 15 is 0 Å². The molecule has 1 aromatic carbocycles. The van der Waals surface area contributed by atoms with Crippen molar-refractivity contribution in [2.45, 2.75) is 6.92 Å². The third kappa shape index (κ3) is 3.32. The van der Waals surface area contributed by atoms with Gasteiger partial charge in [0.05, 0.1) is 6.20 Å². The lowest BCUT2D eigenvalue weighted by Gasteiger charge is -2.07. The average Bonchev–Trinajstić information content (AvgIpc) is 2.83. The summed E-state index contributed by atoms with van der Waals surface area (Å²) in [4.78, 5) is 11.9. The third-order valence-electron chi connectivity index (χ3n) is 2.47. The lowest BCUT2D eigenvalue weighted by Crippen LogP contribution is -2.13. The number of carbonyl (C=O) groups is 1. The van der Waals surface area contributed by atoms with Gasteiger partial charge in [0, 0.05) is 18.3 Å². The van der Waals surface area contributed by atoms with Crippen LogP contribution in [-0.2, 0) is 0 Å². The summed E-state index contributed by atoms with van der Waals surface area (Å²) in [6, 6.07) is 7.10. The molecule has 0 atom stereocenters. The van der Waals surface area contributed by atoms with Crippen molar-refractivity contribution < 1.29 is 14.1 Å². The Labute approximate surface area is 110 Å². The number of hydrogen-bond acceptors (Lipinski definition) is 5. The van der Waals surface area contributed by atoms with Gasteiger partial charge >= 0.3 is 0 Å². The van der Waals surface area contributed by atoms with E-state index in [1.807, 2.05) is 0 Å². The highest BCUT2D eigenvalue weighted by Crippen LogP contribution is 2.18. The summed E-state index contributed by atoms with van der Waals surface area (Å²) in [5.41, 5.74) is 6.41. The van der Waals surface area contributed by atoms with Gasteiger partial charge < -0.3 is 20.3 Å². The zero-order chi connectivity index (χ0) is 13.7. The van der Waals surface area contributed by atoms with Crippen LogP contribution in [0.2, 0.25) is 0 Å². The molecule has 2 rings (SSSR count). The molecule has 6 heteroatoms. The van der Waals surface area contributed by atoms with Gasteiger partial charge in [-0.3, -0.25) is 4.79 Å². The van der Waals surface area contributed by atoms with E-state index < -0.39 is 0 Å². The highest BCUT2D eigenvalue weighted by atomic mass is 16.5.